The van der Waals surface area contributed by atoms with E-state index in [2.05, 4.69) is 42.5 Å². The van der Waals surface area contributed by atoms with Crippen molar-refractivity contribution in [2.45, 2.75) is 78.2 Å². The smallest absolute Gasteiger partial charge is 0.338 e. The van der Waals surface area contributed by atoms with E-state index in [9.17, 15) is 9.59 Å². The Hall–Kier alpha value is -1.17. The minimum Gasteiger partial charge on any atom is -0.459 e. The highest BCUT2D eigenvalue weighted by atomic mass is 127. The van der Waals surface area contributed by atoms with Gasteiger partial charge in [0.25, 0.3) is 0 Å². The van der Waals surface area contributed by atoms with Crippen LogP contribution in [0.5, 0.6) is 0 Å². The number of ketones is 1. The van der Waals surface area contributed by atoms with E-state index < -0.39 is 0 Å². The molecular formula is C28H35IO3. The summed E-state index contributed by atoms with van der Waals surface area (Å²) in [7, 11) is 0. The molecule has 4 aliphatic rings. The van der Waals surface area contributed by atoms with Crippen molar-refractivity contribution in [2.75, 3.05) is 0 Å². The number of carbonyl (C=O) groups is 2. The first-order valence-electron chi connectivity index (χ1n) is 12.4. The minimum absolute atomic E-state index is 0.0429. The van der Waals surface area contributed by atoms with Gasteiger partial charge in [0, 0.05) is 3.57 Å². The van der Waals surface area contributed by atoms with Crippen LogP contribution in [0.15, 0.2) is 35.9 Å². The zero-order valence-electron chi connectivity index (χ0n) is 19.5. The number of hydrogen-bond acceptors (Lipinski definition) is 3. The van der Waals surface area contributed by atoms with Gasteiger partial charge in [0.1, 0.15) is 6.10 Å². The number of esters is 1. The summed E-state index contributed by atoms with van der Waals surface area (Å²) >= 11 is 2.24. The molecule has 7 atom stereocenters. The quantitative estimate of drug-likeness (QED) is 0.303. The molecule has 0 amide bonds. The van der Waals surface area contributed by atoms with Crippen molar-refractivity contribution in [1.82, 2.24) is 0 Å². The molecule has 0 spiro atoms. The van der Waals surface area contributed by atoms with Gasteiger partial charge >= 0.3 is 5.97 Å². The normalized spacial score (nSPS) is 40.5. The first kappa shape index (κ1) is 22.6. The van der Waals surface area contributed by atoms with Crippen molar-refractivity contribution >= 4 is 34.3 Å². The summed E-state index contributed by atoms with van der Waals surface area (Å²) < 4.78 is 7.06. The second kappa shape index (κ2) is 8.25. The van der Waals surface area contributed by atoms with Crippen LogP contribution >= 0.6 is 22.6 Å². The van der Waals surface area contributed by atoms with Crippen molar-refractivity contribution in [2.24, 2.45) is 34.5 Å². The molecule has 32 heavy (non-hydrogen) atoms. The van der Waals surface area contributed by atoms with E-state index in [1.807, 2.05) is 24.3 Å². The van der Waals surface area contributed by atoms with E-state index in [0.29, 0.717) is 22.8 Å². The number of hydrogen-bond donors (Lipinski definition) is 0. The number of ether oxygens (including phenoxy) is 1. The average Bonchev–Trinajstić information content (AvgIpc) is 3.11. The summed E-state index contributed by atoms with van der Waals surface area (Å²) in [4.78, 5) is 25.0. The minimum atomic E-state index is -0.173. The predicted octanol–water partition coefficient (Wildman–Crippen LogP) is 6.98. The Balaban J connectivity index is 1.28. The Morgan fingerprint density at radius 3 is 2.62 bits per heavy atom. The maximum Gasteiger partial charge on any atom is 0.338 e. The molecule has 5 rings (SSSR count). The predicted molar refractivity (Wildman–Crippen MR) is 134 cm³/mol. The molecular weight excluding hydrogens is 511 g/mol. The number of benzene rings is 1. The van der Waals surface area contributed by atoms with Crippen LogP contribution in [-0.4, -0.2) is 17.9 Å². The summed E-state index contributed by atoms with van der Waals surface area (Å²) in [5.41, 5.74) is 2.21. The second-order valence-electron chi connectivity index (χ2n) is 11.3. The highest BCUT2D eigenvalue weighted by Gasteiger charge is 2.59. The fraction of sp³-hybridized carbons (Fsp3) is 0.643. The molecule has 0 saturated heterocycles. The van der Waals surface area contributed by atoms with E-state index in [0.717, 1.165) is 53.1 Å². The lowest BCUT2D eigenvalue weighted by molar-refractivity contribution is -0.125. The second-order valence-corrected chi connectivity index (χ2v) is 12.6. The van der Waals surface area contributed by atoms with E-state index in [-0.39, 0.29) is 23.3 Å². The molecule has 0 aliphatic heterocycles. The number of allylic oxidation sites excluding steroid dienone is 2. The van der Waals surface area contributed by atoms with Gasteiger partial charge in [0.15, 0.2) is 5.78 Å². The summed E-state index contributed by atoms with van der Waals surface area (Å²) in [5.74, 6) is 2.85. The lowest BCUT2D eigenvalue weighted by atomic mass is 9.44. The van der Waals surface area contributed by atoms with Crippen LogP contribution in [0.4, 0.5) is 0 Å². The number of carbonyl (C=O) groups excluding carboxylic acids is 2. The molecule has 0 heterocycles. The maximum atomic E-state index is 12.7. The Morgan fingerprint density at radius 1 is 1.06 bits per heavy atom. The van der Waals surface area contributed by atoms with Gasteiger partial charge in [-0.25, -0.2) is 4.79 Å². The number of halogens is 1. The van der Waals surface area contributed by atoms with Gasteiger partial charge in [-0.05, 0) is 139 Å². The Kier molecular flexibility index (Phi) is 5.83. The molecule has 3 fully saturated rings. The zero-order valence-corrected chi connectivity index (χ0v) is 21.7. The molecule has 0 radical (unpaired) electrons. The highest BCUT2D eigenvalue weighted by Crippen LogP contribution is 2.66. The summed E-state index contributed by atoms with van der Waals surface area (Å²) in [6.45, 7) is 6.65. The lowest BCUT2D eigenvalue weighted by Crippen LogP contribution is -2.54. The molecule has 3 saturated carbocycles. The van der Waals surface area contributed by atoms with Crippen molar-refractivity contribution in [1.29, 1.82) is 0 Å². The number of fused-ring (bicyclic) bond motifs is 5. The number of Topliss-reactive ketones (excluding diaryl/α,β-unsaturated/α-hetero) is 1. The van der Waals surface area contributed by atoms with E-state index in [1.54, 1.807) is 6.92 Å². The largest absolute Gasteiger partial charge is 0.459 e. The Morgan fingerprint density at radius 2 is 1.88 bits per heavy atom. The molecule has 0 N–H and O–H groups in total. The van der Waals surface area contributed by atoms with Gasteiger partial charge in [-0.3, -0.25) is 4.79 Å². The van der Waals surface area contributed by atoms with Gasteiger partial charge in [0.05, 0.1) is 5.56 Å². The third kappa shape index (κ3) is 3.59. The van der Waals surface area contributed by atoms with Crippen molar-refractivity contribution < 1.29 is 14.3 Å². The molecule has 1 aromatic rings. The topological polar surface area (TPSA) is 43.4 Å². The summed E-state index contributed by atoms with van der Waals surface area (Å²) in [5, 5.41) is 0. The van der Waals surface area contributed by atoms with Crippen molar-refractivity contribution in [3.8, 4) is 0 Å². The number of rotatable bonds is 3. The monoisotopic (exact) mass is 546 g/mol. The van der Waals surface area contributed by atoms with E-state index in [4.69, 9.17) is 4.74 Å². The third-order valence-corrected chi connectivity index (χ3v) is 10.6. The third-order valence-electron chi connectivity index (χ3n) is 9.91. The molecule has 0 aromatic heterocycles. The van der Waals surface area contributed by atoms with E-state index >= 15 is 0 Å². The standard InChI is InChI=1S/C28H35IO3/c1-17(30)23-9-10-24-22-8-7-19-16-21(32-26(31)18-5-4-6-20(29)15-18)11-13-27(19,2)25(22)12-14-28(23,24)3/h4-6,9,15,19,21-22,24-25H,7-8,10-14,16H2,1-3H3/t19-,21+,22-,24+,25+,27-,28-/m0/s1. The van der Waals surface area contributed by atoms with Crippen molar-refractivity contribution in [3.63, 3.8) is 0 Å². The first-order chi connectivity index (χ1) is 15.2. The Labute approximate surface area is 205 Å². The van der Waals surface area contributed by atoms with Crippen LogP contribution < -0.4 is 0 Å². The van der Waals surface area contributed by atoms with Gasteiger partial charge in [-0.1, -0.05) is 26.0 Å². The summed E-state index contributed by atoms with van der Waals surface area (Å²) in [6, 6.07) is 7.68. The fourth-order valence-corrected chi connectivity index (χ4v) is 8.82. The molecule has 0 bridgehead atoms. The molecule has 4 heteroatoms. The van der Waals surface area contributed by atoms with Crippen molar-refractivity contribution in [3.05, 3.63) is 45.0 Å². The summed E-state index contributed by atoms with van der Waals surface area (Å²) in [6.07, 6.45) is 11.4. The molecule has 172 valence electrons. The van der Waals surface area contributed by atoms with Gasteiger partial charge < -0.3 is 4.74 Å². The van der Waals surface area contributed by atoms with Gasteiger partial charge in [0.2, 0.25) is 0 Å². The maximum absolute atomic E-state index is 12.7. The molecule has 4 aliphatic carbocycles. The first-order valence-corrected chi connectivity index (χ1v) is 13.5. The molecule has 3 nitrogen and oxygen atoms in total. The molecule has 0 unspecified atom stereocenters. The van der Waals surface area contributed by atoms with Crippen LogP contribution in [0.3, 0.4) is 0 Å². The van der Waals surface area contributed by atoms with Crippen LogP contribution in [0.2, 0.25) is 0 Å². The van der Waals surface area contributed by atoms with Crippen LogP contribution in [0.1, 0.15) is 82.5 Å². The fourth-order valence-electron chi connectivity index (χ4n) is 8.27. The Bertz CT molecular complexity index is 967. The van der Waals surface area contributed by atoms with Crippen LogP contribution in [0, 0.1) is 38.1 Å². The van der Waals surface area contributed by atoms with Gasteiger partial charge in [-0.2, -0.15) is 0 Å². The van der Waals surface area contributed by atoms with Gasteiger partial charge in [-0.15, -0.1) is 0 Å². The van der Waals surface area contributed by atoms with Crippen LogP contribution in [0.25, 0.3) is 0 Å². The highest BCUT2D eigenvalue weighted by molar-refractivity contribution is 14.1. The molecule has 1 aromatic carbocycles. The lowest BCUT2D eigenvalue weighted by Gasteiger charge is -2.60. The average molecular weight is 546 g/mol. The zero-order chi connectivity index (χ0) is 22.7. The SMILES string of the molecule is CC(=O)C1=CC[C@@H]2[C@@H]3CC[C@H]4C[C@H](OC(=O)c5cccc(I)c5)CC[C@]4(C)[C@@H]3CC[C@@]12C. The van der Waals surface area contributed by atoms with E-state index in [1.165, 1.54) is 19.3 Å². The van der Waals surface area contributed by atoms with Crippen LogP contribution in [-0.2, 0) is 9.53 Å².